The first-order chi connectivity index (χ1) is 10.6. The molecule has 8 heteroatoms. The smallest absolute Gasteiger partial charge is 0.310 e. The van der Waals surface area contributed by atoms with E-state index in [0.717, 1.165) is 0 Å². The number of aliphatic imine (C=N–C) groups is 1. The Balaban J connectivity index is 1.82. The quantitative estimate of drug-likeness (QED) is 0.863. The maximum Gasteiger partial charge on any atom is 0.310 e. The topological polar surface area (TPSA) is 56.8 Å². The van der Waals surface area contributed by atoms with E-state index in [0.29, 0.717) is 0 Å². The molecule has 0 aromatic heterocycles. The summed E-state index contributed by atoms with van der Waals surface area (Å²) in [4.78, 5) is 3.76. The molecule has 4 nitrogen and oxygen atoms in total. The summed E-state index contributed by atoms with van der Waals surface area (Å²) in [6.07, 6.45) is -0.208. The third-order valence-corrected chi connectivity index (χ3v) is 4.25. The van der Waals surface area contributed by atoms with Gasteiger partial charge in [0.2, 0.25) is 0 Å². The molecule has 1 aliphatic heterocycles. The molecule has 0 radical (unpaired) electrons. The summed E-state index contributed by atoms with van der Waals surface area (Å²) in [6.45, 7) is 0.215. The molecule has 1 saturated carbocycles. The van der Waals surface area contributed by atoms with Crippen LogP contribution >= 0.6 is 0 Å². The maximum atomic E-state index is 14.2. The van der Waals surface area contributed by atoms with Gasteiger partial charge in [-0.1, -0.05) is 12.1 Å². The molecule has 1 heterocycles. The van der Waals surface area contributed by atoms with Crippen LogP contribution in [0.5, 0.6) is 5.75 Å². The zero-order valence-corrected chi connectivity index (χ0v) is 12.4. The Kier molecular flexibility index (Phi) is 3.46. The Morgan fingerprint density at radius 2 is 2.04 bits per heavy atom. The molecule has 1 fully saturated rings. The van der Waals surface area contributed by atoms with E-state index in [1.807, 2.05) is 0 Å². The van der Waals surface area contributed by atoms with Crippen LogP contribution in [-0.2, 0) is 10.3 Å². The summed E-state index contributed by atoms with van der Waals surface area (Å²) < 4.78 is 64.1. The van der Waals surface area contributed by atoms with E-state index in [4.69, 9.17) is 10.5 Å². The zero-order chi connectivity index (χ0) is 16.9. The average molecular weight is 332 g/mol. The fourth-order valence-electron chi connectivity index (χ4n) is 2.45. The van der Waals surface area contributed by atoms with E-state index in [-0.39, 0.29) is 30.4 Å². The Morgan fingerprint density at radius 3 is 2.70 bits per heavy atom. The minimum Gasteiger partial charge on any atom is -0.493 e. The lowest BCUT2D eigenvalue weighted by Gasteiger charge is -2.37. The maximum absolute atomic E-state index is 14.2. The van der Waals surface area contributed by atoms with E-state index in [1.54, 1.807) is 0 Å². The highest BCUT2D eigenvalue weighted by Crippen LogP contribution is 2.49. The molecule has 2 aliphatic rings. The number of nitrogens with zero attached hydrogens (tertiary/aromatic N) is 1. The van der Waals surface area contributed by atoms with Crippen molar-refractivity contribution in [3.05, 3.63) is 29.8 Å². The highest BCUT2D eigenvalue weighted by molar-refractivity contribution is 5.73. The minimum atomic E-state index is -3.27. The van der Waals surface area contributed by atoms with Gasteiger partial charge in [0, 0.05) is 6.42 Å². The van der Waals surface area contributed by atoms with Crippen LogP contribution in [0.15, 0.2) is 29.3 Å². The first-order valence-corrected chi connectivity index (χ1v) is 7.11. The van der Waals surface area contributed by atoms with Gasteiger partial charge in [-0.2, -0.15) is 8.78 Å². The molecule has 0 spiro atoms. The highest BCUT2D eigenvalue weighted by Gasteiger charge is 2.57. The normalized spacial score (nSPS) is 31.0. The molecule has 1 aromatic rings. The molecular formula is C15H16F4N2O2. The molecule has 1 aromatic carbocycles. The van der Waals surface area contributed by atoms with Gasteiger partial charge in [-0.05, 0) is 24.6 Å². The van der Waals surface area contributed by atoms with E-state index in [9.17, 15) is 17.6 Å². The van der Waals surface area contributed by atoms with Crippen molar-refractivity contribution in [2.24, 2.45) is 16.6 Å². The first-order valence-electron chi connectivity index (χ1n) is 7.11. The van der Waals surface area contributed by atoms with Crippen molar-refractivity contribution in [1.29, 1.82) is 0 Å². The lowest BCUT2D eigenvalue weighted by atomic mass is 9.85. The number of halogens is 4. The Morgan fingerprint density at radius 1 is 1.35 bits per heavy atom. The van der Waals surface area contributed by atoms with Gasteiger partial charge in [0.1, 0.15) is 5.75 Å². The summed E-state index contributed by atoms with van der Waals surface area (Å²) >= 11 is 0. The van der Waals surface area contributed by atoms with Gasteiger partial charge in [-0.3, -0.25) is 0 Å². The molecule has 23 heavy (non-hydrogen) atoms. The molecule has 2 N–H and O–H groups in total. The monoisotopic (exact) mass is 332 g/mol. The summed E-state index contributed by atoms with van der Waals surface area (Å²) in [6, 6.07) is 5.56. The lowest BCUT2D eigenvalue weighted by molar-refractivity contribution is -0.116. The van der Waals surface area contributed by atoms with Crippen molar-refractivity contribution in [3.8, 4) is 5.75 Å². The van der Waals surface area contributed by atoms with Crippen LogP contribution in [0.4, 0.5) is 17.6 Å². The van der Waals surface area contributed by atoms with Crippen molar-refractivity contribution in [3.63, 3.8) is 0 Å². The highest BCUT2D eigenvalue weighted by atomic mass is 19.3. The minimum absolute atomic E-state index is 0.155. The molecular weight excluding hydrogens is 316 g/mol. The van der Waals surface area contributed by atoms with Crippen molar-refractivity contribution in [2.75, 3.05) is 13.2 Å². The second-order valence-corrected chi connectivity index (χ2v) is 6.02. The van der Waals surface area contributed by atoms with Crippen molar-refractivity contribution >= 4 is 6.02 Å². The van der Waals surface area contributed by atoms with Crippen molar-refractivity contribution in [2.45, 2.75) is 30.7 Å². The van der Waals surface area contributed by atoms with Crippen LogP contribution in [-0.4, -0.2) is 31.1 Å². The van der Waals surface area contributed by atoms with Crippen LogP contribution in [0.1, 0.15) is 18.9 Å². The number of rotatable bonds is 4. The standard InChI is InChI=1S/C15H16F4N2O2/c1-13(15(18,19)8-23-12(20)21-13)9-3-2-4-11(5-9)22-7-10-6-14(10,16)17/h2-5,10H,6-8H2,1H3,(H2,20,21)/t10?,13-/m1/s1. The number of ether oxygens (including phenoxy) is 2. The number of hydrogen-bond acceptors (Lipinski definition) is 4. The predicted molar refractivity (Wildman–Crippen MR) is 74.9 cm³/mol. The summed E-state index contributed by atoms with van der Waals surface area (Å²) in [7, 11) is 0. The van der Waals surface area contributed by atoms with Gasteiger partial charge in [-0.25, -0.2) is 13.8 Å². The fourth-order valence-corrected chi connectivity index (χ4v) is 2.45. The Labute approximate surface area is 130 Å². The second kappa shape index (κ2) is 5.01. The molecule has 0 bridgehead atoms. The lowest BCUT2D eigenvalue weighted by Crippen LogP contribution is -2.50. The SMILES string of the molecule is C[C@]1(c2cccc(OCC3CC3(F)F)c2)N=C(N)OCC1(F)F. The van der Waals surface area contributed by atoms with Crippen LogP contribution < -0.4 is 10.5 Å². The largest absolute Gasteiger partial charge is 0.493 e. The van der Waals surface area contributed by atoms with Crippen LogP contribution in [0.3, 0.4) is 0 Å². The van der Waals surface area contributed by atoms with Crippen molar-refractivity contribution in [1.82, 2.24) is 0 Å². The number of benzene rings is 1. The van der Waals surface area contributed by atoms with Crippen LogP contribution in [0.25, 0.3) is 0 Å². The van der Waals surface area contributed by atoms with E-state index >= 15 is 0 Å². The molecule has 1 unspecified atom stereocenters. The zero-order valence-electron chi connectivity index (χ0n) is 12.4. The van der Waals surface area contributed by atoms with Gasteiger partial charge >= 0.3 is 5.92 Å². The number of hydrogen-bond donors (Lipinski definition) is 1. The van der Waals surface area contributed by atoms with Gasteiger partial charge in [-0.15, -0.1) is 0 Å². The Hall–Kier alpha value is -1.99. The third kappa shape index (κ3) is 2.82. The average Bonchev–Trinajstić information content (AvgIpc) is 3.09. The third-order valence-electron chi connectivity index (χ3n) is 4.25. The molecule has 3 rings (SSSR count). The predicted octanol–water partition coefficient (Wildman–Crippen LogP) is 2.92. The first kappa shape index (κ1) is 15.9. The Bertz CT molecular complexity index is 650. The van der Waals surface area contributed by atoms with Gasteiger partial charge in [0.05, 0.1) is 12.5 Å². The molecule has 0 amide bonds. The summed E-state index contributed by atoms with van der Waals surface area (Å²) in [5, 5.41) is 0. The second-order valence-electron chi connectivity index (χ2n) is 6.02. The van der Waals surface area contributed by atoms with E-state index in [2.05, 4.69) is 9.73 Å². The fraction of sp³-hybridized carbons (Fsp3) is 0.533. The van der Waals surface area contributed by atoms with Gasteiger partial charge in [0.25, 0.3) is 11.9 Å². The number of amidine groups is 1. The van der Waals surface area contributed by atoms with Crippen LogP contribution in [0, 0.1) is 5.92 Å². The number of nitrogens with two attached hydrogens (primary N) is 1. The van der Waals surface area contributed by atoms with Crippen molar-refractivity contribution < 1.29 is 27.0 Å². The summed E-state index contributed by atoms with van der Waals surface area (Å²) in [5.74, 6) is -6.53. The molecule has 1 aliphatic carbocycles. The molecule has 2 atom stereocenters. The van der Waals surface area contributed by atoms with E-state index < -0.39 is 29.9 Å². The molecule has 126 valence electrons. The van der Waals surface area contributed by atoms with Gasteiger partial charge in [0.15, 0.2) is 12.1 Å². The molecule has 0 saturated heterocycles. The van der Waals surface area contributed by atoms with Gasteiger partial charge < -0.3 is 15.2 Å². The summed E-state index contributed by atoms with van der Waals surface area (Å²) in [5.41, 5.74) is 3.69. The van der Waals surface area contributed by atoms with Crippen LogP contribution in [0.2, 0.25) is 0 Å². The van der Waals surface area contributed by atoms with E-state index in [1.165, 1.54) is 31.2 Å². The number of alkyl halides is 4.